The largest absolute Gasteiger partial charge is 0.494 e. The van der Waals surface area contributed by atoms with E-state index in [1.807, 2.05) is 42.9 Å². The number of amides is 1. The van der Waals surface area contributed by atoms with Gasteiger partial charge in [-0.05, 0) is 52.1 Å². The van der Waals surface area contributed by atoms with Crippen molar-refractivity contribution in [3.63, 3.8) is 0 Å². The molecule has 1 saturated heterocycles. The normalized spacial score (nSPS) is 14.1. The van der Waals surface area contributed by atoms with Gasteiger partial charge in [0.25, 0.3) is 0 Å². The highest BCUT2D eigenvalue weighted by atomic mass is 35.5. The van der Waals surface area contributed by atoms with Gasteiger partial charge in [-0.15, -0.1) is 0 Å². The summed E-state index contributed by atoms with van der Waals surface area (Å²) in [5.74, 6) is 0.684. The molecule has 0 saturated carbocycles. The Hall–Kier alpha value is -3.56. The average molecular weight is 524 g/mol. The van der Waals surface area contributed by atoms with Crippen LogP contribution in [-0.4, -0.2) is 65.7 Å². The molecule has 1 fully saturated rings. The van der Waals surface area contributed by atoms with E-state index in [-0.39, 0.29) is 5.91 Å². The molecular weight excluding hydrogens is 490 g/mol. The minimum atomic E-state index is -0.287. The van der Waals surface area contributed by atoms with Crippen molar-refractivity contribution >= 4 is 40.5 Å². The van der Waals surface area contributed by atoms with Gasteiger partial charge in [0, 0.05) is 49.7 Å². The zero-order chi connectivity index (χ0) is 26.7. The first-order valence-corrected chi connectivity index (χ1v) is 12.6. The first kappa shape index (κ1) is 26.5. The van der Waals surface area contributed by atoms with Crippen LogP contribution < -0.4 is 20.3 Å². The topological polar surface area (TPSA) is 87.5 Å². The number of nitrogens with zero attached hydrogens (tertiary/aromatic N) is 5. The molecule has 0 aliphatic carbocycles. The van der Waals surface area contributed by atoms with E-state index in [2.05, 4.69) is 51.1 Å². The van der Waals surface area contributed by atoms with E-state index >= 15 is 0 Å². The van der Waals surface area contributed by atoms with Crippen molar-refractivity contribution in [3.05, 3.63) is 54.0 Å². The fourth-order valence-electron chi connectivity index (χ4n) is 4.60. The van der Waals surface area contributed by atoms with Gasteiger partial charge in [0.2, 0.25) is 11.9 Å². The molecule has 2 aromatic heterocycles. The number of methoxy groups -OCH3 is 1. The van der Waals surface area contributed by atoms with Crippen LogP contribution >= 0.6 is 11.6 Å². The summed E-state index contributed by atoms with van der Waals surface area (Å²) in [6.07, 6.45) is 6.87. The predicted molar refractivity (Wildman–Crippen MR) is 150 cm³/mol. The fraction of sp³-hybridized carbons (Fsp3) is 0.370. The molecule has 2 N–H and O–H groups in total. The van der Waals surface area contributed by atoms with Crippen molar-refractivity contribution in [1.29, 1.82) is 0 Å². The van der Waals surface area contributed by atoms with Gasteiger partial charge in [-0.1, -0.05) is 18.2 Å². The molecule has 0 radical (unpaired) electrons. The lowest BCUT2D eigenvalue weighted by Crippen LogP contribution is -2.42. The summed E-state index contributed by atoms with van der Waals surface area (Å²) in [5.41, 5.74) is 4.78. The van der Waals surface area contributed by atoms with Crippen LogP contribution in [0.15, 0.2) is 43.2 Å². The minimum absolute atomic E-state index is 0.287. The Labute approximate surface area is 223 Å². The van der Waals surface area contributed by atoms with E-state index < -0.39 is 0 Å². The Balaban J connectivity index is 1.69. The van der Waals surface area contributed by atoms with Crippen LogP contribution in [0.1, 0.15) is 18.5 Å². The minimum Gasteiger partial charge on any atom is -0.494 e. The monoisotopic (exact) mass is 523 g/mol. The van der Waals surface area contributed by atoms with E-state index in [1.165, 1.54) is 6.08 Å². The van der Waals surface area contributed by atoms with Gasteiger partial charge in [-0.2, -0.15) is 0 Å². The number of piperidine rings is 1. The molecule has 1 amide bonds. The average Bonchev–Trinajstić information content (AvgIpc) is 3.23. The highest BCUT2D eigenvalue weighted by Crippen LogP contribution is 2.40. The molecule has 3 heterocycles. The molecule has 10 heteroatoms. The summed E-state index contributed by atoms with van der Waals surface area (Å²) in [6.45, 7) is 7.36. The third-order valence-electron chi connectivity index (χ3n) is 6.93. The SMILES string of the molecule is C=CC(=O)Nc1cc(Nc2ncc(Cl)c(-c3ccn(C)c3C)n2)c(OC)cc1N1CCC(N(C)C)CC1. The molecular formula is C27H34ClN7O2. The zero-order valence-corrected chi connectivity index (χ0v) is 22.8. The Morgan fingerprint density at radius 1 is 1.27 bits per heavy atom. The Morgan fingerprint density at radius 3 is 2.59 bits per heavy atom. The zero-order valence-electron chi connectivity index (χ0n) is 22.0. The van der Waals surface area contributed by atoms with Gasteiger partial charge in [-0.3, -0.25) is 4.79 Å². The van der Waals surface area contributed by atoms with Gasteiger partial charge < -0.3 is 29.7 Å². The third-order valence-corrected chi connectivity index (χ3v) is 7.20. The van der Waals surface area contributed by atoms with Crippen LogP contribution in [0.25, 0.3) is 11.3 Å². The molecule has 3 aromatic rings. The number of hydrogen-bond acceptors (Lipinski definition) is 7. The van der Waals surface area contributed by atoms with Gasteiger partial charge in [0.1, 0.15) is 5.75 Å². The summed E-state index contributed by atoms with van der Waals surface area (Å²) in [7, 11) is 7.82. The summed E-state index contributed by atoms with van der Waals surface area (Å²) >= 11 is 6.46. The van der Waals surface area contributed by atoms with Crippen molar-refractivity contribution in [2.75, 3.05) is 49.8 Å². The molecule has 0 unspecified atom stereocenters. The van der Waals surface area contributed by atoms with Crippen LogP contribution in [0.4, 0.5) is 23.0 Å². The summed E-state index contributed by atoms with van der Waals surface area (Å²) in [4.78, 5) is 25.9. The van der Waals surface area contributed by atoms with Crippen molar-refractivity contribution in [2.24, 2.45) is 7.05 Å². The lowest BCUT2D eigenvalue weighted by Gasteiger charge is -2.37. The number of ether oxygens (including phenoxy) is 1. The number of carbonyl (C=O) groups excluding carboxylic acids is 1. The molecule has 9 nitrogen and oxygen atoms in total. The number of rotatable bonds is 8. The molecule has 1 aromatic carbocycles. The highest BCUT2D eigenvalue weighted by Gasteiger charge is 2.24. The molecule has 0 bridgehead atoms. The number of aryl methyl sites for hydroxylation is 1. The molecule has 1 aliphatic heterocycles. The summed E-state index contributed by atoms with van der Waals surface area (Å²) in [6, 6.07) is 6.30. The second-order valence-electron chi connectivity index (χ2n) is 9.39. The molecule has 196 valence electrons. The number of carbonyl (C=O) groups is 1. The van der Waals surface area contributed by atoms with Gasteiger partial charge >= 0.3 is 0 Å². The van der Waals surface area contributed by atoms with Gasteiger partial charge in [0.15, 0.2) is 0 Å². The van der Waals surface area contributed by atoms with Gasteiger partial charge in [-0.25, -0.2) is 9.97 Å². The molecule has 4 rings (SSSR count). The molecule has 37 heavy (non-hydrogen) atoms. The molecule has 1 aliphatic rings. The van der Waals surface area contributed by atoms with Crippen molar-refractivity contribution in [1.82, 2.24) is 19.4 Å². The number of hydrogen-bond donors (Lipinski definition) is 2. The smallest absolute Gasteiger partial charge is 0.247 e. The second-order valence-corrected chi connectivity index (χ2v) is 9.79. The van der Waals surface area contributed by atoms with E-state index in [0.29, 0.717) is 39.8 Å². The van der Waals surface area contributed by atoms with Crippen LogP contribution in [0.5, 0.6) is 5.75 Å². The first-order chi connectivity index (χ1) is 17.7. The summed E-state index contributed by atoms with van der Waals surface area (Å²) in [5, 5.41) is 6.67. The van der Waals surface area contributed by atoms with E-state index in [4.69, 9.17) is 16.3 Å². The quantitative estimate of drug-likeness (QED) is 0.408. The van der Waals surface area contributed by atoms with E-state index in [0.717, 1.165) is 42.9 Å². The standard InChI is InChI=1S/C27H34ClN7O2/c1-7-25(36)30-21-14-22(24(37-6)15-23(21)35-12-8-18(9-13-35)33(3)4)31-27-29-16-20(28)26(32-27)19-10-11-34(5)17(19)2/h7,10-11,14-16,18H,1,8-9,12-13H2,2-6H3,(H,30,36)(H,29,31,32). The van der Waals surface area contributed by atoms with Crippen LogP contribution in [0.2, 0.25) is 5.02 Å². The molecule has 0 atom stereocenters. The van der Waals surface area contributed by atoms with Crippen molar-refractivity contribution in [2.45, 2.75) is 25.8 Å². The maximum absolute atomic E-state index is 12.3. The fourth-order valence-corrected chi connectivity index (χ4v) is 4.79. The third kappa shape index (κ3) is 5.73. The van der Waals surface area contributed by atoms with E-state index in [1.54, 1.807) is 13.3 Å². The van der Waals surface area contributed by atoms with Crippen LogP contribution in [0, 0.1) is 6.92 Å². The lowest BCUT2D eigenvalue weighted by atomic mass is 10.0. The maximum atomic E-state index is 12.3. The number of halogens is 1. The highest BCUT2D eigenvalue weighted by molar-refractivity contribution is 6.33. The Morgan fingerprint density at radius 2 is 2.00 bits per heavy atom. The van der Waals surface area contributed by atoms with Crippen LogP contribution in [-0.2, 0) is 11.8 Å². The van der Waals surface area contributed by atoms with Gasteiger partial charge in [0.05, 0.1) is 41.1 Å². The van der Waals surface area contributed by atoms with E-state index in [9.17, 15) is 4.79 Å². The lowest BCUT2D eigenvalue weighted by molar-refractivity contribution is -0.111. The van der Waals surface area contributed by atoms with Crippen LogP contribution in [0.3, 0.4) is 0 Å². The number of benzene rings is 1. The predicted octanol–water partition coefficient (Wildman–Crippen LogP) is 4.85. The van der Waals surface area contributed by atoms with Crippen molar-refractivity contribution in [3.8, 4) is 17.0 Å². The number of anilines is 4. The number of nitrogens with one attached hydrogen (secondary N) is 2. The number of aromatic nitrogens is 3. The Bertz CT molecular complexity index is 1300. The molecule has 0 spiro atoms. The summed E-state index contributed by atoms with van der Waals surface area (Å²) < 4.78 is 7.75. The Kier molecular flexibility index (Phi) is 8.04. The second kappa shape index (κ2) is 11.2. The maximum Gasteiger partial charge on any atom is 0.247 e. The first-order valence-electron chi connectivity index (χ1n) is 12.2. The van der Waals surface area contributed by atoms with Crippen molar-refractivity contribution < 1.29 is 9.53 Å².